The van der Waals surface area contributed by atoms with Gasteiger partial charge in [0, 0.05) is 24.0 Å². The number of thioether (sulfide) groups is 1. The van der Waals surface area contributed by atoms with Crippen LogP contribution in [-0.4, -0.2) is 39.2 Å². The van der Waals surface area contributed by atoms with Crippen LogP contribution in [0, 0.1) is 5.92 Å². The average molecular weight is 418 g/mol. The van der Waals surface area contributed by atoms with Gasteiger partial charge in [0.05, 0.1) is 11.1 Å². The van der Waals surface area contributed by atoms with Gasteiger partial charge >= 0.3 is 0 Å². The van der Waals surface area contributed by atoms with Gasteiger partial charge in [-0.25, -0.2) is 4.98 Å². The zero-order chi connectivity index (χ0) is 19.3. The summed E-state index contributed by atoms with van der Waals surface area (Å²) in [7, 11) is 0. The highest BCUT2D eigenvalue weighted by Crippen LogP contribution is 2.38. The van der Waals surface area contributed by atoms with Crippen molar-refractivity contribution in [2.24, 2.45) is 5.92 Å². The predicted molar refractivity (Wildman–Crippen MR) is 114 cm³/mol. The van der Waals surface area contributed by atoms with E-state index in [-0.39, 0.29) is 17.5 Å². The normalized spacial score (nSPS) is 22.5. The molecule has 2 aromatic heterocycles. The number of amides is 1. The molecule has 150 valence electrons. The lowest BCUT2D eigenvalue weighted by atomic mass is 9.89. The van der Waals surface area contributed by atoms with E-state index in [1.807, 2.05) is 9.47 Å². The van der Waals surface area contributed by atoms with Crippen LogP contribution in [0.5, 0.6) is 0 Å². The predicted octanol–water partition coefficient (Wildman–Crippen LogP) is 4.02. The molecule has 28 heavy (non-hydrogen) atoms. The first-order valence-electron chi connectivity index (χ1n) is 10.6. The minimum absolute atomic E-state index is 0.142. The van der Waals surface area contributed by atoms with E-state index in [2.05, 4.69) is 6.92 Å². The van der Waals surface area contributed by atoms with Crippen molar-refractivity contribution < 1.29 is 4.79 Å². The molecule has 0 spiro atoms. The fourth-order valence-corrected chi connectivity index (χ4v) is 7.15. The van der Waals surface area contributed by atoms with Gasteiger partial charge in [-0.15, -0.1) is 11.3 Å². The number of likely N-dealkylation sites (tertiary alicyclic amines) is 1. The summed E-state index contributed by atoms with van der Waals surface area (Å²) in [6, 6.07) is 0.240. The molecule has 1 saturated carbocycles. The Morgan fingerprint density at radius 2 is 2.00 bits per heavy atom. The molecule has 2 fully saturated rings. The monoisotopic (exact) mass is 417 g/mol. The van der Waals surface area contributed by atoms with Gasteiger partial charge in [0.2, 0.25) is 5.91 Å². The number of rotatable bonds is 4. The third kappa shape index (κ3) is 3.20. The summed E-state index contributed by atoms with van der Waals surface area (Å²) in [4.78, 5) is 35.1. The number of aryl methyl sites for hydroxylation is 1. The third-order valence-electron chi connectivity index (χ3n) is 6.55. The molecule has 0 unspecified atom stereocenters. The first-order chi connectivity index (χ1) is 13.6. The van der Waals surface area contributed by atoms with Crippen molar-refractivity contribution >= 4 is 39.2 Å². The Balaban J connectivity index is 1.56. The summed E-state index contributed by atoms with van der Waals surface area (Å²) < 4.78 is 1.95. The van der Waals surface area contributed by atoms with Crippen molar-refractivity contribution in [3.05, 3.63) is 20.8 Å². The first-order valence-corrected chi connectivity index (χ1v) is 12.4. The fourth-order valence-electron chi connectivity index (χ4n) is 4.75. The minimum atomic E-state index is 0.142. The number of aromatic nitrogens is 2. The van der Waals surface area contributed by atoms with Crippen molar-refractivity contribution in [2.75, 3.05) is 18.8 Å². The maximum Gasteiger partial charge on any atom is 0.263 e. The third-order valence-corrected chi connectivity index (χ3v) is 8.64. The SMILES string of the molecule is C[C@H]1CCc2c(sc3nc(SCC(=O)N4CCC4)n(C4CCCC4)c(=O)c23)C1. The molecule has 0 N–H and O–H groups in total. The van der Waals surface area contributed by atoms with Crippen LogP contribution < -0.4 is 5.56 Å². The molecule has 1 amide bonds. The van der Waals surface area contributed by atoms with Gasteiger partial charge in [-0.05, 0) is 50.0 Å². The van der Waals surface area contributed by atoms with Crippen LogP contribution in [0.1, 0.15) is 61.9 Å². The number of fused-ring (bicyclic) bond motifs is 3. The number of carbonyl (C=O) groups excluding carboxylic acids is 1. The van der Waals surface area contributed by atoms with Crippen LogP contribution in [-0.2, 0) is 17.6 Å². The molecule has 1 aliphatic heterocycles. The summed E-state index contributed by atoms with van der Waals surface area (Å²) in [6.45, 7) is 4.04. The van der Waals surface area contributed by atoms with E-state index >= 15 is 0 Å². The fraction of sp³-hybridized carbons (Fsp3) is 0.667. The molecule has 1 saturated heterocycles. The molecule has 7 heteroatoms. The topological polar surface area (TPSA) is 55.2 Å². The standard InChI is InChI=1S/C21H27N3O2S2/c1-13-7-8-15-16(11-13)28-19-18(15)20(26)24(14-5-2-3-6-14)21(22-19)27-12-17(25)23-9-4-10-23/h13-14H,2-12H2,1H3/t13-/m0/s1. The number of nitrogens with zero attached hydrogens (tertiary/aromatic N) is 3. The average Bonchev–Trinajstić information content (AvgIpc) is 3.25. The van der Waals surface area contributed by atoms with Gasteiger partial charge in [-0.1, -0.05) is 31.5 Å². The number of hydrogen-bond acceptors (Lipinski definition) is 5. The van der Waals surface area contributed by atoms with Gasteiger partial charge < -0.3 is 4.90 Å². The van der Waals surface area contributed by atoms with Crippen molar-refractivity contribution in [3.8, 4) is 0 Å². The van der Waals surface area contributed by atoms with Crippen LogP contribution in [0.4, 0.5) is 0 Å². The zero-order valence-electron chi connectivity index (χ0n) is 16.4. The quantitative estimate of drug-likeness (QED) is 0.557. The summed E-state index contributed by atoms with van der Waals surface area (Å²) in [5.74, 6) is 1.23. The van der Waals surface area contributed by atoms with Crippen molar-refractivity contribution in [1.29, 1.82) is 0 Å². The highest BCUT2D eigenvalue weighted by Gasteiger charge is 2.29. The van der Waals surface area contributed by atoms with E-state index in [1.54, 1.807) is 11.3 Å². The second kappa shape index (κ2) is 7.48. The van der Waals surface area contributed by atoms with Gasteiger partial charge in [-0.2, -0.15) is 0 Å². The Hall–Kier alpha value is -1.34. The molecule has 5 rings (SSSR count). The summed E-state index contributed by atoms with van der Waals surface area (Å²) in [5, 5.41) is 1.63. The lowest BCUT2D eigenvalue weighted by molar-refractivity contribution is -0.131. The molecule has 3 aliphatic rings. The van der Waals surface area contributed by atoms with Crippen LogP contribution in [0.2, 0.25) is 0 Å². The zero-order valence-corrected chi connectivity index (χ0v) is 18.0. The summed E-state index contributed by atoms with van der Waals surface area (Å²) >= 11 is 3.17. The van der Waals surface area contributed by atoms with E-state index in [0.29, 0.717) is 11.7 Å². The van der Waals surface area contributed by atoms with E-state index in [0.717, 1.165) is 67.0 Å². The Kier molecular flexibility index (Phi) is 4.99. The molecule has 0 radical (unpaired) electrons. The van der Waals surface area contributed by atoms with E-state index in [1.165, 1.54) is 35.0 Å². The summed E-state index contributed by atoms with van der Waals surface area (Å²) in [6.07, 6.45) is 8.76. The number of carbonyl (C=O) groups is 1. The number of hydrogen-bond donors (Lipinski definition) is 0. The van der Waals surface area contributed by atoms with Gasteiger partial charge in [0.15, 0.2) is 5.16 Å². The molecule has 2 aromatic rings. The maximum atomic E-state index is 13.6. The first kappa shape index (κ1) is 18.7. The highest BCUT2D eigenvalue weighted by atomic mass is 32.2. The van der Waals surface area contributed by atoms with Gasteiger partial charge in [-0.3, -0.25) is 14.2 Å². The van der Waals surface area contributed by atoms with E-state index in [9.17, 15) is 9.59 Å². The van der Waals surface area contributed by atoms with E-state index in [4.69, 9.17) is 4.98 Å². The van der Waals surface area contributed by atoms with Gasteiger partial charge in [0.1, 0.15) is 4.83 Å². The molecule has 0 aromatic carbocycles. The Labute approximate surface area is 173 Å². The molecular weight excluding hydrogens is 390 g/mol. The lowest BCUT2D eigenvalue weighted by Gasteiger charge is -2.30. The summed E-state index contributed by atoms with van der Waals surface area (Å²) in [5.41, 5.74) is 1.40. The molecule has 5 nitrogen and oxygen atoms in total. The van der Waals surface area contributed by atoms with Crippen molar-refractivity contribution in [3.63, 3.8) is 0 Å². The minimum Gasteiger partial charge on any atom is -0.342 e. The van der Waals surface area contributed by atoms with E-state index < -0.39 is 0 Å². The molecule has 3 heterocycles. The smallest absolute Gasteiger partial charge is 0.263 e. The van der Waals surface area contributed by atoms with Crippen LogP contribution >= 0.6 is 23.1 Å². The second-order valence-corrected chi connectivity index (χ2v) is 10.6. The Morgan fingerprint density at radius 3 is 2.71 bits per heavy atom. The lowest BCUT2D eigenvalue weighted by Crippen LogP contribution is -2.43. The largest absolute Gasteiger partial charge is 0.342 e. The Bertz CT molecular complexity index is 970. The Morgan fingerprint density at radius 1 is 1.21 bits per heavy atom. The van der Waals surface area contributed by atoms with Crippen LogP contribution in [0.15, 0.2) is 9.95 Å². The second-order valence-electron chi connectivity index (χ2n) is 8.56. The molecule has 2 aliphatic carbocycles. The van der Waals surface area contributed by atoms with Gasteiger partial charge in [0.25, 0.3) is 5.56 Å². The van der Waals surface area contributed by atoms with Crippen molar-refractivity contribution in [1.82, 2.24) is 14.5 Å². The number of thiophene rings is 1. The highest BCUT2D eigenvalue weighted by molar-refractivity contribution is 7.99. The van der Waals surface area contributed by atoms with Crippen molar-refractivity contribution in [2.45, 2.75) is 69.5 Å². The molecule has 0 bridgehead atoms. The van der Waals surface area contributed by atoms with Crippen LogP contribution in [0.25, 0.3) is 10.2 Å². The molecule has 1 atom stereocenters. The van der Waals surface area contributed by atoms with Crippen LogP contribution in [0.3, 0.4) is 0 Å². The maximum absolute atomic E-state index is 13.6. The molecular formula is C21H27N3O2S2.